The van der Waals surface area contributed by atoms with Crippen LogP contribution in [0.25, 0.3) is 0 Å². The molecule has 1 N–H and O–H groups in total. The van der Waals surface area contributed by atoms with Crippen molar-refractivity contribution in [2.24, 2.45) is 17.8 Å². The molecule has 0 aromatic rings. The lowest BCUT2D eigenvalue weighted by Gasteiger charge is -2.28. The number of hydrogen-bond donors (Lipinski definition) is 1. The molecule has 0 spiro atoms. The molecule has 1 aliphatic heterocycles. The van der Waals surface area contributed by atoms with Crippen LogP contribution in [0.4, 0.5) is 0 Å². The van der Waals surface area contributed by atoms with E-state index in [0.717, 1.165) is 6.42 Å². The normalized spacial score (nSPS) is 40.6. The van der Waals surface area contributed by atoms with Gasteiger partial charge >= 0.3 is 5.97 Å². The topological polar surface area (TPSA) is 55.4 Å². The van der Waals surface area contributed by atoms with Crippen molar-refractivity contribution in [1.82, 2.24) is 5.32 Å². The summed E-state index contributed by atoms with van der Waals surface area (Å²) < 4.78 is 4.73. The average molecular weight is 262 g/mol. The smallest absolute Gasteiger partial charge is 0.309 e. The molecule has 78 valence electrons. The molecule has 2 bridgehead atoms. The molecule has 0 aromatic heterocycles. The second-order valence-electron chi connectivity index (χ2n) is 3.82. The molecule has 1 heterocycles. The molecule has 0 aromatic carbocycles. The molecule has 2 aliphatic rings. The lowest BCUT2D eigenvalue weighted by molar-refractivity contribution is -0.152. The molecule has 4 nitrogen and oxygen atoms in total. The minimum absolute atomic E-state index is 0.0152. The minimum atomic E-state index is -0.253. The molecular formula is C9H12BrNO3. The zero-order valence-corrected chi connectivity index (χ0v) is 9.41. The van der Waals surface area contributed by atoms with Crippen molar-refractivity contribution in [3.05, 3.63) is 0 Å². The van der Waals surface area contributed by atoms with E-state index >= 15 is 0 Å². The number of carbonyl (C=O) groups is 2. The number of halogens is 1. The monoisotopic (exact) mass is 261 g/mol. The Balaban J connectivity index is 2.24. The number of carbonyl (C=O) groups excluding carboxylic acids is 2. The maximum Gasteiger partial charge on any atom is 0.309 e. The van der Waals surface area contributed by atoms with Gasteiger partial charge in [-0.3, -0.25) is 9.59 Å². The third kappa shape index (κ3) is 1.34. The standard InChI is InChI=1S/C9H12BrNO3/c1-14-9(13)7-4-2-6(10)5(7)3-11-8(4)12/h4-7H,2-3H2,1H3,(H,11,12)/t4-,5+,6-,7+/m1/s1. The van der Waals surface area contributed by atoms with Gasteiger partial charge in [-0.05, 0) is 6.42 Å². The van der Waals surface area contributed by atoms with Crippen molar-refractivity contribution in [1.29, 1.82) is 0 Å². The fourth-order valence-electron chi connectivity index (χ4n) is 2.44. The lowest BCUT2D eigenvalue weighted by Crippen LogP contribution is -2.47. The Labute approximate surface area is 90.5 Å². The van der Waals surface area contributed by atoms with E-state index in [1.165, 1.54) is 7.11 Å². The first-order valence-corrected chi connectivity index (χ1v) is 5.56. The van der Waals surface area contributed by atoms with Gasteiger partial charge in [-0.15, -0.1) is 0 Å². The molecule has 1 saturated heterocycles. The van der Waals surface area contributed by atoms with Crippen LogP contribution in [0.3, 0.4) is 0 Å². The third-order valence-corrected chi connectivity index (χ3v) is 4.21. The molecule has 1 saturated carbocycles. The molecular weight excluding hydrogens is 250 g/mol. The van der Waals surface area contributed by atoms with Gasteiger partial charge in [0.05, 0.1) is 18.9 Å². The number of nitrogens with one attached hydrogen (secondary N) is 1. The van der Waals surface area contributed by atoms with Gasteiger partial charge in [-0.1, -0.05) is 15.9 Å². The lowest BCUT2D eigenvalue weighted by atomic mass is 9.86. The molecule has 0 unspecified atom stereocenters. The molecule has 5 heteroatoms. The van der Waals surface area contributed by atoms with Crippen LogP contribution in [0.1, 0.15) is 6.42 Å². The quantitative estimate of drug-likeness (QED) is 0.546. The van der Waals surface area contributed by atoms with Gasteiger partial charge in [-0.25, -0.2) is 0 Å². The first-order chi connectivity index (χ1) is 6.65. The first kappa shape index (κ1) is 9.96. The largest absolute Gasteiger partial charge is 0.469 e. The molecule has 4 atom stereocenters. The van der Waals surface area contributed by atoms with Gasteiger partial charge in [0.2, 0.25) is 5.91 Å². The van der Waals surface area contributed by atoms with Crippen LogP contribution >= 0.6 is 15.9 Å². The summed E-state index contributed by atoms with van der Waals surface area (Å²) in [4.78, 5) is 23.2. The highest BCUT2D eigenvalue weighted by Gasteiger charge is 2.52. The summed E-state index contributed by atoms with van der Waals surface area (Å²) in [5.41, 5.74) is 0. The maximum absolute atomic E-state index is 11.5. The highest BCUT2D eigenvalue weighted by Crippen LogP contribution is 2.44. The summed E-state index contributed by atoms with van der Waals surface area (Å²) >= 11 is 3.51. The predicted molar refractivity (Wildman–Crippen MR) is 52.8 cm³/mol. The molecule has 1 aliphatic carbocycles. The van der Waals surface area contributed by atoms with E-state index in [9.17, 15) is 9.59 Å². The Morgan fingerprint density at radius 3 is 3.00 bits per heavy atom. The van der Waals surface area contributed by atoms with E-state index in [4.69, 9.17) is 4.74 Å². The van der Waals surface area contributed by atoms with E-state index in [2.05, 4.69) is 21.2 Å². The maximum atomic E-state index is 11.5. The number of esters is 1. The van der Waals surface area contributed by atoms with Crippen LogP contribution in [-0.2, 0) is 14.3 Å². The van der Waals surface area contributed by atoms with Crippen LogP contribution < -0.4 is 5.32 Å². The van der Waals surface area contributed by atoms with Gasteiger partial charge in [0.1, 0.15) is 0 Å². The number of piperidine rings is 1. The average Bonchev–Trinajstić information content (AvgIpc) is 2.44. The van der Waals surface area contributed by atoms with Gasteiger partial charge in [0, 0.05) is 17.3 Å². The van der Waals surface area contributed by atoms with Crippen LogP contribution in [0.5, 0.6) is 0 Å². The van der Waals surface area contributed by atoms with E-state index in [1.807, 2.05) is 0 Å². The Hall–Kier alpha value is -0.580. The first-order valence-electron chi connectivity index (χ1n) is 4.64. The van der Waals surface area contributed by atoms with Gasteiger partial charge in [0.25, 0.3) is 0 Å². The number of alkyl halides is 1. The van der Waals surface area contributed by atoms with Crippen molar-refractivity contribution in [2.45, 2.75) is 11.2 Å². The summed E-state index contributed by atoms with van der Waals surface area (Å²) in [6.45, 7) is 0.574. The number of ether oxygens (including phenoxy) is 1. The number of amides is 1. The van der Waals surface area contributed by atoms with E-state index in [1.54, 1.807) is 0 Å². The Morgan fingerprint density at radius 2 is 2.36 bits per heavy atom. The Bertz CT molecular complexity index is 281. The molecule has 1 amide bonds. The van der Waals surface area contributed by atoms with Gasteiger partial charge in [-0.2, -0.15) is 0 Å². The summed E-state index contributed by atoms with van der Waals surface area (Å²) in [7, 11) is 1.37. The second-order valence-corrected chi connectivity index (χ2v) is 4.99. The minimum Gasteiger partial charge on any atom is -0.469 e. The summed E-state index contributed by atoms with van der Waals surface area (Å²) in [6.07, 6.45) is 0.732. The zero-order valence-electron chi connectivity index (χ0n) is 7.83. The SMILES string of the molecule is COC(=O)[C@@H]1[C@H]2CNC(=O)[C@@H]1C[C@H]2Br. The van der Waals surface area contributed by atoms with Crippen LogP contribution in [-0.4, -0.2) is 30.4 Å². The number of methoxy groups -OCH3 is 1. The molecule has 2 rings (SSSR count). The number of fused-ring (bicyclic) bond motifs is 2. The zero-order chi connectivity index (χ0) is 10.3. The predicted octanol–water partition coefficient (Wildman–Crippen LogP) is 0.305. The van der Waals surface area contributed by atoms with E-state index in [0.29, 0.717) is 6.54 Å². The van der Waals surface area contributed by atoms with Crippen molar-refractivity contribution in [3.63, 3.8) is 0 Å². The van der Waals surface area contributed by atoms with Crippen molar-refractivity contribution in [2.75, 3.05) is 13.7 Å². The highest BCUT2D eigenvalue weighted by atomic mass is 79.9. The highest BCUT2D eigenvalue weighted by molar-refractivity contribution is 9.09. The molecule has 0 radical (unpaired) electrons. The Kier molecular flexibility index (Phi) is 2.51. The van der Waals surface area contributed by atoms with Crippen LogP contribution in [0, 0.1) is 17.8 Å². The van der Waals surface area contributed by atoms with Gasteiger partial charge < -0.3 is 10.1 Å². The third-order valence-electron chi connectivity index (χ3n) is 3.16. The van der Waals surface area contributed by atoms with Crippen molar-refractivity contribution < 1.29 is 14.3 Å². The fraction of sp³-hybridized carbons (Fsp3) is 0.778. The van der Waals surface area contributed by atoms with E-state index in [-0.39, 0.29) is 34.5 Å². The summed E-state index contributed by atoms with van der Waals surface area (Å²) in [5, 5.41) is 2.81. The summed E-state index contributed by atoms with van der Waals surface area (Å²) in [5.74, 6) is -0.538. The number of hydrogen-bond acceptors (Lipinski definition) is 3. The number of rotatable bonds is 1. The van der Waals surface area contributed by atoms with Gasteiger partial charge in [0.15, 0.2) is 0 Å². The van der Waals surface area contributed by atoms with Crippen LogP contribution in [0.2, 0.25) is 0 Å². The summed E-state index contributed by atoms with van der Waals surface area (Å²) in [6, 6.07) is 0. The molecule has 14 heavy (non-hydrogen) atoms. The van der Waals surface area contributed by atoms with Crippen LogP contribution in [0.15, 0.2) is 0 Å². The Morgan fingerprint density at radius 1 is 1.64 bits per heavy atom. The van der Waals surface area contributed by atoms with Crippen molar-refractivity contribution >= 4 is 27.8 Å². The van der Waals surface area contributed by atoms with E-state index < -0.39 is 0 Å². The molecule has 2 fully saturated rings. The second kappa shape index (κ2) is 3.53. The van der Waals surface area contributed by atoms with Crippen molar-refractivity contribution in [3.8, 4) is 0 Å². The fourth-order valence-corrected chi connectivity index (χ4v) is 3.36.